The zero-order valence-electron chi connectivity index (χ0n) is 5.89. The van der Waals surface area contributed by atoms with E-state index in [4.69, 9.17) is 13.3 Å². The fourth-order valence-corrected chi connectivity index (χ4v) is 0. The average Bonchev–Trinajstić information content (AvgIpc) is 1.45. The maximum atomic E-state index is 9.75. The van der Waals surface area contributed by atoms with Crippen molar-refractivity contribution in [2.75, 3.05) is 0 Å². The van der Waals surface area contributed by atoms with Gasteiger partial charge in [-0.1, -0.05) is 0 Å². The van der Waals surface area contributed by atoms with Gasteiger partial charge in [0.1, 0.15) is 0 Å². The molecule has 0 saturated carbocycles. The van der Waals surface area contributed by atoms with Gasteiger partial charge < -0.3 is 34.5 Å². The van der Waals surface area contributed by atoms with Crippen LogP contribution in [0.2, 0.25) is 0 Å². The molecule has 2 N–H and O–H groups in total. The summed E-state index contributed by atoms with van der Waals surface area (Å²) in [6, 6.07) is 0. The number of hydrogen-bond acceptors (Lipinski definition) is 1. The van der Waals surface area contributed by atoms with Crippen molar-refractivity contribution in [3.05, 3.63) is 0 Å². The van der Waals surface area contributed by atoms with E-state index in [-0.39, 0.29) is 0 Å². The molecule has 0 amide bonds. The fourth-order valence-electron chi connectivity index (χ4n) is 0. The molecule has 0 aromatic carbocycles. The zero-order chi connectivity index (χ0) is 12.6. The third kappa shape index (κ3) is 10200. The molecule has 3 nitrogen and oxygen atoms in total. The first kappa shape index (κ1) is 19.2. The van der Waals surface area contributed by atoms with Crippen molar-refractivity contribution in [2.24, 2.45) is 0 Å². The van der Waals surface area contributed by atoms with Crippen molar-refractivity contribution in [2.45, 2.75) is 0 Å². The van der Waals surface area contributed by atoms with Crippen molar-refractivity contribution < 1.29 is 47.8 Å². The standard InChI is InChI=1S/2BF4.H2O3S/c2*2-1(3,4)5;1-4(2)3/h;;(H2,1,2,3)/q2*-1;. The van der Waals surface area contributed by atoms with Crippen LogP contribution in [-0.2, 0) is 11.4 Å². The lowest BCUT2D eigenvalue weighted by Gasteiger charge is -1.94. The summed E-state index contributed by atoms with van der Waals surface area (Å²) in [5.74, 6) is 0. The first-order valence-electron chi connectivity index (χ1n) is 2.28. The molecule has 0 spiro atoms. The maximum absolute atomic E-state index is 9.75. The summed E-state index contributed by atoms with van der Waals surface area (Å²) in [5, 5.41) is 0. The number of rotatable bonds is 0. The highest BCUT2D eigenvalue weighted by molar-refractivity contribution is 7.73. The first-order valence-corrected chi connectivity index (χ1v) is 3.34. The van der Waals surface area contributed by atoms with Gasteiger partial charge in [0.25, 0.3) is 11.4 Å². The van der Waals surface area contributed by atoms with Crippen LogP contribution >= 0.6 is 0 Å². The third-order valence-corrected chi connectivity index (χ3v) is 0. The SMILES string of the molecule is F[B-](F)(F)F.F[B-](F)(F)F.O=S(O)O. The molecule has 0 heterocycles. The molecule has 0 radical (unpaired) electrons. The summed E-state index contributed by atoms with van der Waals surface area (Å²) in [6.45, 7) is 0. The maximum Gasteiger partial charge on any atom is 0.673 e. The summed E-state index contributed by atoms with van der Waals surface area (Å²) >= 11 is -2.61. The molecule has 90 valence electrons. The predicted molar refractivity (Wildman–Crippen MR) is 33.8 cm³/mol. The van der Waals surface area contributed by atoms with E-state index in [1.54, 1.807) is 0 Å². The minimum absolute atomic E-state index is 2.61. The summed E-state index contributed by atoms with van der Waals surface area (Å²) in [7, 11) is -12.0. The molecule has 0 fully saturated rings. The summed E-state index contributed by atoms with van der Waals surface area (Å²) < 4.78 is 101. The molecule has 0 bridgehead atoms. The quantitative estimate of drug-likeness (QED) is 0.397. The summed E-state index contributed by atoms with van der Waals surface area (Å²) in [4.78, 5) is 0. The van der Waals surface area contributed by atoms with E-state index >= 15 is 0 Å². The highest BCUT2D eigenvalue weighted by atomic mass is 32.2. The predicted octanol–water partition coefficient (Wildman–Crippen LogP) is 2.28. The largest absolute Gasteiger partial charge is 0.673 e. The second kappa shape index (κ2) is 7.99. The Labute approximate surface area is 74.8 Å². The van der Waals surface area contributed by atoms with Crippen molar-refractivity contribution >= 4 is 25.9 Å². The molecule has 0 aliphatic rings. The van der Waals surface area contributed by atoms with Crippen LogP contribution in [0.4, 0.5) is 34.5 Å². The number of hydrogen-bond donors (Lipinski definition) is 2. The van der Waals surface area contributed by atoms with Gasteiger partial charge in [-0.3, -0.25) is 9.11 Å². The van der Waals surface area contributed by atoms with Crippen molar-refractivity contribution in [1.29, 1.82) is 0 Å². The molecular formula is H2B2F8O3S-2. The average molecular weight is 256 g/mol. The van der Waals surface area contributed by atoms with Crippen LogP contribution in [0.15, 0.2) is 0 Å². The summed E-state index contributed by atoms with van der Waals surface area (Å²) in [6.07, 6.45) is 0. The monoisotopic (exact) mass is 256 g/mol. The van der Waals surface area contributed by atoms with Crippen LogP contribution in [0.5, 0.6) is 0 Å². The van der Waals surface area contributed by atoms with E-state index in [1.165, 1.54) is 0 Å². The smallest absolute Gasteiger partial charge is 0.418 e. The number of halogens is 8. The zero-order valence-corrected chi connectivity index (χ0v) is 6.71. The van der Waals surface area contributed by atoms with Gasteiger partial charge in [0.05, 0.1) is 0 Å². The Balaban J connectivity index is -0.000000131. The van der Waals surface area contributed by atoms with Crippen LogP contribution in [0, 0.1) is 0 Å². The summed E-state index contributed by atoms with van der Waals surface area (Å²) in [5.41, 5.74) is 0. The minimum Gasteiger partial charge on any atom is -0.418 e. The lowest BCUT2D eigenvalue weighted by molar-refractivity contribution is 0.366. The van der Waals surface area contributed by atoms with Gasteiger partial charge in [-0.2, -0.15) is 4.21 Å². The van der Waals surface area contributed by atoms with E-state index in [2.05, 4.69) is 0 Å². The Morgan fingerprint density at radius 3 is 0.714 bits per heavy atom. The second-order valence-electron chi connectivity index (χ2n) is 1.22. The van der Waals surface area contributed by atoms with E-state index in [0.717, 1.165) is 0 Å². The third-order valence-electron chi connectivity index (χ3n) is 0. The van der Waals surface area contributed by atoms with E-state index in [1.807, 2.05) is 0 Å². The van der Waals surface area contributed by atoms with Crippen molar-refractivity contribution in [1.82, 2.24) is 0 Å². The molecule has 0 atom stereocenters. The molecule has 0 unspecified atom stereocenters. The Morgan fingerprint density at radius 1 is 0.714 bits per heavy atom. The molecule has 14 heteroatoms. The van der Waals surface area contributed by atoms with Crippen LogP contribution in [0.1, 0.15) is 0 Å². The van der Waals surface area contributed by atoms with Gasteiger partial charge in [-0.25, -0.2) is 0 Å². The lowest BCUT2D eigenvalue weighted by atomic mass is 10.3. The fraction of sp³-hybridized carbons (Fsp3) is 0. The molecular weight excluding hydrogens is 254 g/mol. The topological polar surface area (TPSA) is 57.5 Å². The van der Waals surface area contributed by atoms with Gasteiger partial charge in [0.15, 0.2) is 0 Å². The van der Waals surface area contributed by atoms with Gasteiger partial charge in [-0.05, 0) is 0 Å². The van der Waals surface area contributed by atoms with Crippen LogP contribution < -0.4 is 0 Å². The first-order chi connectivity index (χ1) is 5.73. The molecule has 0 aliphatic heterocycles. The Hall–Kier alpha value is -0.360. The van der Waals surface area contributed by atoms with Gasteiger partial charge in [0, 0.05) is 0 Å². The van der Waals surface area contributed by atoms with Gasteiger partial charge in [0.2, 0.25) is 0 Å². The highest BCUT2D eigenvalue weighted by Gasteiger charge is 2.21. The van der Waals surface area contributed by atoms with E-state index in [9.17, 15) is 34.5 Å². The van der Waals surface area contributed by atoms with Gasteiger partial charge >= 0.3 is 14.5 Å². The normalized spacial score (nSPS) is 11.1. The van der Waals surface area contributed by atoms with E-state index < -0.39 is 25.9 Å². The Bertz CT molecular complexity index is 122. The lowest BCUT2D eigenvalue weighted by Crippen LogP contribution is -2.02. The molecule has 0 rings (SSSR count). The molecule has 0 saturated heterocycles. The van der Waals surface area contributed by atoms with Crippen molar-refractivity contribution in [3.63, 3.8) is 0 Å². The van der Waals surface area contributed by atoms with Crippen LogP contribution in [-0.4, -0.2) is 27.8 Å². The van der Waals surface area contributed by atoms with Crippen molar-refractivity contribution in [3.8, 4) is 0 Å². The van der Waals surface area contributed by atoms with Crippen LogP contribution in [0.25, 0.3) is 0 Å². The minimum atomic E-state index is -6.00. The Kier molecular flexibility index (Phi) is 11.0. The molecule has 0 aliphatic carbocycles. The molecule has 0 aromatic rings. The van der Waals surface area contributed by atoms with Crippen LogP contribution in [0.3, 0.4) is 0 Å². The Morgan fingerprint density at radius 2 is 0.714 bits per heavy atom. The van der Waals surface area contributed by atoms with E-state index in [0.29, 0.717) is 0 Å². The highest BCUT2D eigenvalue weighted by Crippen LogP contribution is 2.07. The molecule has 14 heavy (non-hydrogen) atoms. The van der Waals surface area contributed by atoms with Gasteiger partial charge in [-0.15, -0.1) is 0 Å². The molecule has 0 aromatic heterocycles. The second-order valence-corrected chi connectivity index (χ2v) is 1.68.